The Bertz CT molecular complexity index is 985. The summed E-state index contributed by atoms with van der Waals surface area (Å²) < 4.78 is 1.08. The highest BCUT2D eigenvalue weighted by Crippen LogP contribution is 2.38. The van der Waals surface area contributed by atoms with Gasteiger partial charge in [0.15, 0.2) is 0 Å². The van der Waals surface area contributed by atoms with Crippen LogP contribution in [0.15, 0.2) is 29.6 Å². The van der Waals surface area contributed by atoms with Gasteiger partial charge in [0.2, 0.25) is 0 Å². The van der Waals surface area contributed by atoms with Crippen LogP contribution in [0.5, 0.6) is 5.75 Å². The quantitative estimate of drug-likeness (QED) is 0.705. The fraction of sp³-hybridized carbons (Fsp3) is 0.429. The molecule has 6 heteroatoms. The van der Waals surface area contributed by atoms with Crippen LogP contribution in [-0.4, -0.2) is 45.4 Å². The van der Waals surface area contributed by atoms with E-state index in [4.69, 9.17) is 0 Å². The fourth-order valence-electron chi connectivity index (χ4n) is 4.69. The van der Waals surface area contributed by atoms with Crippen LogP contribution in [0, 0.1) is 6.92 Å². The van der Waals surface area contributed by atoms with Gasteiger partial charge in [-0.3, -0.25) is 4.90 Å². The van der Waals surface area contributed by atoms with Gasteiger partial charge in [0.25, 0.3) is 0 Å². The van der Waals surface area contributed by atoms with E-state index >= 15 is 0 Å². The van der Waals surface area contributed by atoms with Gasteiger partial charge in [0.05, 0.1) is 5.69 Å². The molecule has 2 N–H and O–H groups in total. The van der Waals surface area contributed by atoms with E-state index in [1.807, 2.05) is 30.5 Å². The molecule has 2 saturated heterocycles. The maximum Gasteiger partial charge on any atom is 0.149 e. The monoisotopic (exact) mass is 380 g/mol. The number of aryl methyl sites for hydroxylation is 1. The van der Waals surface area contributed by atoms with Crippen molar-refractivity contribution in [1.82, 2.24) is 15.1 Å². The molecule has 0 aliphatic carbocycles. The van der Waals surface area contributed by atoms with Gasteiger partial charge in [-0.15, -0.1) is 21.5 Å². The number of fused-ring (bicyclic) bond motifs is 2. The largest absolute Gasteiger partial charge is 0.507 e. The maximum atomic E-state index is 10.7. The first-order valence-corrected chi connectivity index (χ1v) is 10.6. The zero-order chi connectivity index (χ0) is 18.4. The summed E-state index contributed by atoms with van der Waals surface area (Å²) in [7, 11) is 0. The lowest BCUT2D eigenvalue weighted by Crippen LogP contribution is -2.47. The number of benzene rings is 1. The Hall–Kier alpha value is -2.18. The Morgan fingerprint density at radius 1 is 1.15 bits per heavy atom. The van der Waals surface area contributed by atoms with Gasteiger partial charge >= 0.3 is 0 Å². The van der Waals surface area contributed by atoms with Crippen molar-refractivity contribution in [3.8, 4) is 17.0 Å². The molecule has 0 bridgehead atoms. The Morgan fingerprint density at radius 2 is 2.00 bits per heavy atom. The molecule has 4 heterocycles. The molecule has 1 aromatic carbocycles. The number of aromatic nitrogens is 2. The molecule has 0 radical (unpaired) electrons. The summed E-state index contributed by atoms with van der Waals surface area (Å²) in [4.78, 5) is 2.62. The lowest BCUT2D eigenvalue weighted by Gasteiger charge is -2.37. The molecular formula is C21H24N4OS. The van der Waals surface area contributed by atoms with Crippen LogP contribution in [-0.2, 0) is 0 Å². The van der Waals surface area contributed by atoms with E-state index in [9.17, 15) is 5.11 Å². The number of nitrogens with one attached hydrogen (secondary N) is 1. The number of aromatic hydroxyl groups is 1. The van der Waals surface area contributed by atoms with Gasteiger partial charge < -0.3 is 10.4 Å². The van der Waals surface area contributed by atoms with Crippen molar-refractivity contribution >= 4 is 27.2 Å². The second kappa shape index (κ2) is 6.77. The van der Waals surface area contributed by atoms with E-state index < -0.39 is 0 Å². The second-order valence-electron chi connectivity index (χ2n) is 7.69. The van der Waals surface area contributed by atoms with Crippen molar-refractivity contribution in [2.75, 3.05) is 18.4 Å². The molecule has 1 unspecified atom stereocenters. The molecule has 0 saturated carbocycles. The van der Waals surface area contributed by atoms with Gasteiger partial charge in [-0.05, 0) is 80.9 Å². The normalized spacial score (nSPS) is 22.9. The lowest BCUT2D eigenvalue weighted by atomic mass is 9.96. The minimum absolute atomic E-state index is 0.292. The third-order valence-corrected chi connectivity index (χ3v) is 6.90. The van der Waals surface area contributed by atoms with Crippen LogP contribution in [0.25, 0.3) is 21.3 Å². The molecule has 27 heavy (non-hydrogen) atoms. The predicted octanol–water partition coefficient (Wildman–Crippen LogP) is 4.41. The van der Waals surface area contributed by atoms with Gasteiger partial charge in [-0.2, -0.15) is 0 Å². The summed E-state index contributed by atoms with van der Waals surface area (Å²) in [6.45, 7) is 4.50. The highest BCUT2D eigenvalue weighted by Gasteiger charge is 2.34. The summed E-state index contributed by atoms with van der Waals surface area (Å²) in [5.41, 5.74) is 2.52. The molecule has 2 atom stereocenters. The molecule has 3 aromatic rings. The van der Waals surface area contributed by atoms with E-state index in [0.717, 1.165) is 32.7 Å². The smallest absolute Gasteiger partial charge is 0.149 e. The molecule has 140 valence electrons. The van der Waals surface area contributed by atoms with Crippen molar-refractivity contribution in [1.29, 1.82) is 0 Å². The number of hydrogen-bond donors (Lipinski definition) is 2. The number of hydrogen-bond acceptors (Lipinski definition) is 6. The van der Waals surface area contributed by atoms with Crippen molar-refractivity contribution in [2.24, 2.45) is 0 Å². The number of nitrogens with zero attached hydrogens (tertiary/aromatic N) is 3. The minimum Gasteiger partial charge on any atom is -0.507 e. The Labute approximate surface area is 163 Å². The van der Waals surface area contributed by atoms with Crippen molar-refractivity contribution in [3.05, 3.63) is 35.2 Å². The molecule has 0 amide bonds. The summed E-state index contributed by atoms with van der Waals surface area (Å²) in [5, 5.41) is 26.1. The first-order valence-electron chi connectivity index (χ1n) is 9.75. The first kappa shape index (κ1) is 17.0. The second-order valence-corrected chi connectivity index (χ2v) is 8.64. The molecule has 5 nitrogen and oxygen atoms in total. The van der Waals surface area contributed by atoms with Gasteiger partial charge in [-0.1, -0.05) is 0 Å². The standard InChI is InChI=1S/C21H24N4OS/c1-13-12-19(22-16-4-2-9-25-10-3-5-17(16)25)23-24-20(13)15-6-7-18-14(21(15)26)8-11-27-18/h6-8,11-12,16-17,26H,2-5,9-10H2,1H3,(H,22,23)/t16-,17?/m0/s1. The van der Waals surface area contributed by atoms with Gasteiger partial charge in [0.1, 0.15) is 11.6 Å². The third-order valence-electron chi connectivity index (χ3n) is 6.02. The third kappa shape index (κ3) is 2.97. The summed E-state index contributed by atoms with van der Waals surface area (Å²) >= 11 is 1.63. The van der Waals surface area contributed by atoms with Crippen LogP contribution in [0.4, 0.5) is 5.82 Å². The van der Waals surface area contributed by atoms with E-state index in [1.165, 1.54) is 38.8 Å². The number of rotatable bonds is 3. The Balaban J connectivity index is 1.42. The number of phenols is 1. The molecular weight excluding hydrogens is 356 g/mol. The van der Waals surface area contributed by atoms with Crippen LogP contribution < -0.4 is 5.32 Å². The van der Waals surface area contributed by atoms with Crippen molar-refractivity contribution < 1.29 is 5.11 Å². The average molecular weight is 381 g/mol. The van der Waals surface area contributed by atoms with Gasteiger partial charge in [0, 0.05) is 27.7 Å². The Kier molecular flexibility index (Phi) is 4.25. The summed E-state index contributed by atoms with van der Waals surface area (Å²) in [5.74, 6) is 1.13. The van der Waals surface area contributed by atoms with Crippen molar-refractivity contribution in [2.45, 2.75) is 44.7 Å². The zero-order valence-corrected chi connectivity index (χ0v) is 16.3. The molecule has 2 fully saturated rings. The molecule has 0 spiro atoms. The first-order chi connectivity index (χ1) is 13.2. The van der Waals surface area contributed by atoms with E-state index in [0.29, 0.717) is 17.8 Å². The lowest BCUT2D eigenvalue weighted by molar-refractivity contribution is 0.183. The highest BCUT2D eigenvalue weighted by molar-refractivity contribution is 7.17. The SMILES string of the molecule is Cc1cc(N[C@H]2CCCN3CCCC23)nnc1-c1ccc2sccc2c1O. The fourth-order valence-corrected chi connectivity index (χ4v) is 5.48. The zero-order valence-electron chi connectivity index (χ0n) is 15.5. The van der Waals surface area contributed by atoms with Gasteiger partial charge in [-0.25, -0.2) is 0 Å². The van der Waals surface area contributed by atoms with Crippen LogP contribution in [0.2, 0.25) is 0 Å². The predicted molar refractivity (Wildman–Crippen MR) is 110 cm³/mol. The maximum absolute atomic E-state index is 10.7. The van der Waals surface area contributed by atoms with Crippen molar-refractivity contribution in [3.63, 3.8) is 0 Å². The molecule has 2 aromatic heterocycles. The number of phenolic OH excluding ortho intramolecular Hbond substituents is 1. The van der Waals surface area contributed by atoms with E-state index in [-0.39, 0.29) is 0 Å². The summed E-state index contributed by atoms with van der Waals surface area (Å²) in [6.07, 6.45) is 5.01. The van der Waals surface area contributed by atoms with Crippen LogP contribution in [0.1, 0.15) is 31.2 Å². The molecule has 5 rings (SSSR count). The molecule has 2 aliphatic heterocycles. The van der Waals surface area contributed by atoms with Crippen LogP contribution in [0.3, 0.4) is 0 Å². The number of thiophene rings is 1. The topological polar surface area (TPSA) is 61.3 Å². The van der Waals surface area contributed by atoms with E-state index in [2.05, 4.69) is 26.5 Å². The van der Waals surface area contributed by atoms with Crippen LogP contribution >= 0.6 is 11.3 Å². The highest BCUT2D eigenvalue weighted by atomic mass is 32.1. The Morgan fingerprint density at radius 3 is 2.85 bits per heavy atom. The average Bonchev–Trinajstić information content (AvgIpc) is 3.33. The number of anilines is 1. The van der Waals surface area contributed by atoms with E-state index in [1.54, 1.807) is 11.3 Å². The molecule has 2 aliphatic rings. The minimum atomic E-state index is 0.292. The summed E-state index contributed by atoms with van der Waals surface area (Å²) in [6, 6.07) is 9.08. The number of piperidine rings is 1.